The molecule has 1 fully saturated rings. The van der Waals surface area contributed by atoms with Crippen LogP contribution >= 0.6 is 0 Å². The first kappa shape index (κ1) is 17.5. The summed E-state index contributed by atoms with van der Waals surface area (Å²) in [4.78, 5) is 25.3. The first-order valence-corrected chi connectivity index (χ1v) is 9.02. The van der Waals surface area contributed by atoms with Gasteiger partial charge in [-0.25, -0.2) is 9.67 Å². The summed E-state index contributed by atoms with van der Waals surface area (Å²) in [7, 11) is 0. The predicted octanol–water partition coefficient (Wildman–Crippen LogP) is 1.36. The predicted molar refractivity (Wildman–Crippen MR) is 94.7 cm³/mol. The summed E-state index contributed by atoms with van der Waals surface area (Å²) >= 11 is 0. The highest BCUT2D eigenvalue weighted by molar-refractivity contribution is 5.76. The van der Waals surface area contributed by atoms with Crippen molar-refractivity contribution >= 4 is 5.91 Å². The standard InChI is InChI=1S/C18H26N6O/c1-2-24-17(20-15-21-24)14-22-9-4-10-23(12-11-22)18(25)7-6-16-5-3-8-19-13-16/h3,5,8,13,15H,2,4,6-7,9-12,14H2,1H3. The molecule has 0 saturated carbocycles. The Morgan fingerprint density at radius 3 is 2.96 bits per heavy atom. The quantitative estimate of drug-likeness (QED) is 0.793. The Kier molecular flexibility index (Phi) is 6.11. The van der Waals surface area contributed by atoms with E-state index in [4.69, 9.17) is 0 Å². The maximum absolute atomic E-state index is 12.5. The first-order chi connectivity index (χ1) is 12.3. The van der Waals surface area contributed by atoms with Gasteiger partial charge in [0.15, 0.2) is 0 Å². The fourth-order valence-electron chi connectivity index (χ4n) is 3.21. The SMILES string of the molecule is CCn1ncnc1CN1CCCN(C(=O)CCc2cccnc2)CC1. The lowest BCUT2D eigenvalue weighted by Crippen LogP contribution is -2.35. The average Bonchev–Trinajstić information content (AvgIpc) is 2.96. The van der Waals surface area contributed by atoms with Crippen LogP contribution in [0.3, 0.4) is 0 Å². The monoisotopic (exact) mass is 342 g/mol. The van der Waals surface area contributed by atoms with Crippen LogP contribution in [0.4, 0.5) is 0 Å². The number of pyridine rings is 1. The molecule has 0 atom stereocenters. The summed E-state index contributed by atoms with van der Waals surface area (Å²) in [6, 6.07) is 3.94. The van der Waals surface area contributed by atoms with Gasteiger partial charge in [-0.2, -0.15) is 5.10 Å². The van der Waals surface area contributed by atoms with Crippen LogP contribution in [0, 0.1) is 0 Å². The number of nitrogens with zero attached hydrogens (tertiary/aromatic N) is 6. The summed E-state index contributed by atoms with van der Waals surface area (Å²) < 4.78 is 1.93. The molecule has 25 heavy (non-hydrogen) atoms. The smallest absolute Gasteiger partial charge is 0.222 e. The second kappa shape index (κ2) is 8.71. The molecule has 0 radical (unpaired) electrons. The molecule has 3 heterocycles. The number of aryl methyl sites for hydroxylation is 2. The first-order valence-electron chi connectivity index (χ1n) is 9.02. The molecule has 1 aliphatic rings. The molecule has 0 N–H and O–H groups in total. The van der Waals surface area contributed by atoms with Crippen molar-refractivity contribution in [2.45, 2.75) is 39.3 Å². The lowest BCUT2D eigenvalue weighted by molar-refractivity contribution is -0.131. The average molecular weight is 342 g/mol. The highest BCUT2D eigenvalue weighted by Crippen LogP contribution is 2.10. The lowest BCUT2D eigenvalue weighted by Gasteiger charge is -2.22. The van der Waals surface area contributed by atoms with E-state index in [0.29, 0.717) is 6.42 Å². The molecule has 0 spiro atoms. The molecule has 0 aromatic carbocycles. The third-order valence-electron chi connectivity index (χ3n) is 4.65. The Labute approximate surface area is 148 Å². The second-order valence-corrected chi connectivity index (χ2v) is 6.36. The molecule has 2 aromatic heterocycles. The zero-order valence-electron chi connectivity index (χ0n) is 14.8. The van der Waals surface area contributed by atoms with Gasteiger partial charge >= 0.3 is 0 Å². The van der Waals surface area contributed by atoms with Crippen LogP contribution in [0.2, 0.25) is 0 Å². The number of rotatable bonds is 6. The Bertz CT molecular complexity index is 671. The maximum Gasteiger partial charge on any atom is 0.222 e. The van der Waals surface area contributed by atoms with Crippen molar-refractivity contribution in [2.24, 2.45) is 0 Å². The minimum atomic E-state index is 0.238. The summed E-state index contributed by atoms with van der Waals surface area (Å²) in [5, 5.41) is 4.23. The van der Waals surface area contributed by atoms with Crippen molar-refractivity contribution in [1.29, 1.82) is 0 Å². The molecule has 1 aliphatic heterocycles. The number of carbonyl (C=O) groups excluding carboxylic acids is 1. The van der Waals surface area contributed by atoms with E-state index in [-0.39, 0.29) is 5.91 Å². The van der Waals surface area contributed by atoms with Crippen LogP contribution in [0.25, 0.3) is 0 Å². The molecule has 1 saturated heterocycles. The van der Waals surface area contributed by atoms with Crippen molar-refractivity contribution in [1.82, 2.24) is 29.5 Å². The van der Waals surface area contributed by atoms with Crippen molar-refractivity contribution in [3.05, 3.63) is 42.2 Å². The van der Waals surface area contributed by atoms with E-state index >= 15 is 0 Å². The third-order valence-corrected chi connectivity index (χ3v) is 4.65. The van der Waals surface area contributed by atoms with E-state index in [1.165, 1.54) is 0 Å². The Hall–Kier alpha value is -2.28. The van der Waals surface area contributed by atoms with E-state index < -0.39 is 0 Å². The van der Waals surface area contributed by atoms with Gasteiger partial charge in [0.25, 0.3) is 0 Å². The summed E-state index contributed by atoms with van der Waals surface area (Å²) in [5.41, 5.74) is 1.12. The van der Waals surface area contributed by atoms with E-state index in [1.807, 2.05) is 27.9 Å². The van der Waals surface area contributed by atoms with Gasteiger partial charge in [0, 0.05) is 51.5 Å². The van der Waals surface area contributed by atoms with Crippen LogP contribution in [-0.2, 0) is 24.3 Å². The molecule has 7 heteroatoms. The number of hydrogen-bond acceptors (Lipinski definition) is 5. The van der Waals surface area contributed by atoms with E-state index in [1.54, 1.807) is 12.5 Å². The molecular formula is C18H26N6O. The molecule has 0 aliphatic carbocycles. The fraction of sp³-hybridized carbons (Fsp3) is 0.556. The van der Waals surface area contributed by atoms with Crippen molar-refractivity contribution < 1.29 is 4.79 Å². The number of carbonyl (C=O) groups is 1. The summed E-state index contributed by atoms with van der Waals surface area (Å²) in [6.45, 7) is 7.20. The fourth-order valence-corrected chi connectivity index (χ4v) is 3.21. The molecule has 1 amide bonds. The second-order valence-electron chi connectivity index (χ2n) is 6.36. The van der Waals surface area contributed by atoms with E-state index in [0.717, 1.165) is 63.5 Å². The van der Waals surface area contributed by atoms with Crippen LogP contribution < -0.4 is 0 Å². The van der Waals surface area contributed by atoms with Crippen LogP contribution in [-0.4, -0.2) is 61.6 Å². The molecule has 2 aromatic rings. The minimum Gasteiger partial charge on any atom is -0.341 e. The molecule has 0 unspecified atom stereocenters. The van der Waals surface area contributed by atoms with Crippen LogP contribution in [0.5, 0.6) is 0 Å². The van der Waals surface area contributed by atoms with Gasteiger partial charge in [-0.05, 0) is 31.4 Å². The number of aromatic nitrogens is 4. The highest BCUT2D eigenvalue weighted by Gasteiger charge is 2.20. The van der Waals surface area contributed by atoms with Gasteiger partial charge in [-0.1, -0.05) is 6.07 Å². The normalized spacial score (nSPS) is 16.0. The molecule has 134 valence electrons. The molecular weight excluding hydrogens is 316 g/mol. The molecule has 3 rings (SSSR count). The summed E-state index contributed by atoms with van der Waals surface area (Å²) in [5.74, 6) is 1.24. The Balaban J connectivity index is 1.48. The van der Waals surface area contributed by atoms with Crippen molar-refractivity contribution in [3.8, 4) is 0 Å². The van der Waals surface area contributed by atoms with E-state index in [9.17, 15) is 4.79 Å². The molecule has 7 nitrogen and oxygen atoms in total. The zero-order valence-corrected chi connectivity index (χ0v) is 14.8. The van der Waals surface area contributed by atoms with E-state index in [2.05, 4.69) is 26.9 Å². The third kappa shape index (κ3) is 4.85. The summed E-state index contributed by atoms with van der Waals surface area (Å²) in [6.07, 6.45) is 7.52. The van der Waals surface area contributed by atoms with Crippen molar-refractivity contribution in [2.75, 3.05) is 26.2 Å². The molecule has 0 bridgehead atoms. The van der Waals surface area contributed by atoms with Crippen LogP contribution in [0.1, 0.15) is 31.2 Å². The number of hydrogen-bond donors (Lipinski definition) is 0. The highest BCUT2D eigenvalue weighted by atomic mass is 16.2. The van der Waals surface area contributed by atoms with Gasteiger partial charge in [-0.3, -0.25) is 14.7 Å². The minimum absolute atomic E-state index is 0.238. The van der Waals surface area contributed by atoms with Gasteiger partial charge in [0.1, 0.15) is 12.2 Å². The largest absolute Gasteiger partial charge is 0.341 e. The van der Waals surface area contributed by atoms with Gasteiger partial charge in [0.05, 0.1) is 6.54 Å². The van der Waals surface area contributed by atoms with Crippen molar-refractivity contribution in [3.63, 3.8) is 0 Å². The Morgan fingerprint density at radius 1 is 1.24 bits per heavy atom. The van der Waals surface area contributed by atoms with Gasteiger partial charge in [0.2, 0.25) is 5.91 Å². The Morgan fingerprint density at radius 2 is 2.16 bits per heavy atom. The maximum atomic E-state index is 12.5. The van der Waals surface area contributed by atoms with Gasteiger partial charge < -0.3 is 4.90 Å². The lowest BCUT2D eigenvalue weighted by atomic mass is 10.1. The topological polar surface area (TPSA) is 67.2 Å². The number of amides is 1. The zero-order chi connectivity index (χ0) is 17.5. The van der Waals surface area contributed by atoms with Gasteiger partial charge in [-0.15, -0.1) is 0 Å². The van der Waals surface area contributed by atoms with Crippen LogP contribution in [0.15, 0.2) is 30.9 Å².